The monoisotopic (exact) mass is 404 g/mol. The lowest BCUT2D eigenvalue weighted by molar-refractivity contribution is 0.0226. The number of nitrogens with zero attached hydrogens (tertiary/aromatic N) is 2. The molecule has 5 rings (SSSR count). The zero-order valence-corrected chi connectivity index (χ0v) is 18.1. The lowest BCUT2D eigenvalue weighted by atomic mass is 9.82. The van der Waals surface area contributed by atoms with Gasteiger partial charge in [0.05, 0.1) is 12.0 Å². The van der Waals surface area contributed by atoms with E-state index in [0.717, 1.165) is 59.5 Å². The molecule has 0 N–H and O–H groups in total. The number of hydrogen-bond acceptors (Lipinski definition) is 5. The zero-order valence-electron chi connectivity index (χ0n) is 18.1. The topological polar surface area (TPSA) is 55.6 Å². The molecule has 1 spiro atoms. The Balaban J connectivity index is 1.35. The average molecular weight is 405 g/mol. The highest BCUT2D eigenvalue weighted by atomic mass is 16.5. The second kappa shape index (κ2) is 6.86. The second-order valence-corrected chi connectivity index (χ2v) is 9.18. The summed E-state index contributed by atoms with van der Waals surface area (Å²) in [4.78, 5) is 19.8. The maximum absolute atomic E-state index is 12.9. The van der Waals surface area contributed by atoms with Crippen molar-refractivity contribution in [3.63, 3.8) is 0 Å². The van der Waals surface area contributed by atoms with E-state index in [1.165, 1.54) is 5.56 Å². The normalized spacial score (nSPS) is 18.2. The van der Waals surface area contributed by atoms with Crippen LogP contribution in [-0.2, 0) is 0 Å². The zero-order chi connectivity index (χ0) is 21.0. The summed E-state index contributed by atoms with van der Waals surface area (Å²) in [6.45, 7) is 9.98. The van der Waals surface area contributed by atoms with E-state index in [4.69, 9.17) is 14.1 Å². The predicted molar refractivity (Wildman–Crippen MR) is 118 cm³/mol. The van der Waals surface area contributed by atoms with Gasteiger partial charge < -0.3 is 14.1 Å². The number of Topliss-reactive ketones (excluding diaryl/α,β-unsaturated/α-hetero) is 1. The number of benzene rings is 2. The van der Waals surface area contributed by atoms with E-state index in [1.54, 1.807) is 0 Å². The van der Waals surface area contributed by atoms with E-state index in [0.29, 0.717) is 18.4 Å². The second-order valence-electron chi connectivity index (χ2n) is 9.18. The Morgan fingerprint density at radius 2 is 1.80 bits per heavy atom. The van der Waals surface area contributed by atoms with E-state index in [2.05, 4.69) is 37.8 Å². The summed E-state index contributed by atoms with van der Waals surface area (Å²) >= 11 is 0. The molecule has 2 aliphatic rings. The predicted octanol–water partition coefficient (Wildman–Crippen LogP) is 5.57. The van der Waals surface area contributed by atoms with Crippen LogP contribution in [0.25, 0.3) is 11.1 Å². The molecule has 3 aromatic rings. The van der Waals surface area contributed by atoms with Crippen molar-refractivity contribution in [2.75, 3.05) is 18.0 Å². The molecule has 0 atom stereocenters. The molecular formula is C25H28N2O3. The van der Waals surface area contributed by atoms with Gasteiger partial charge in [-0.2, -0.15) is 4.98 Å². The van der Waals surface area contributed by atoms with Crippen molar-refractivity contribution in [3.05, 3.63) is 52.6 Å². The highest BCUT2D eigenvalue weighted by Gasteiger charge is 2.43. The van der Waals surface area contributed by atoms with Gasteiger partial charge in [-0.3, -0.25) is 4.79 Å². The van der Waals surface area contributed by atoms with Crippen LogP contribution in [0.15, 0.2) is 34.7 Å². The molecule has 5 heteroatoms. The van der Waals surface area contributed by atoms with E-state index in [-0.39, 0.29) is 5.78 Å². The molecule has 2 aromatic carbocycles. The van der Waals surface area contributed by atoms with Gasteiger partial charge in [0.25, 0.3) is 6.01 Å². The minimum absolute atomic E-state index is 0.191. The fraction of sp³-hybridized carbons (Fsp3) is 0.440. The Labute approximate surface area is 177 Å². The number of fused-ring (bicyclic) bond motifs is 2. The molecule has 0 bridgehead atoms. The number of ether oxygens (including phenoxy) is 1. The summed E-state index contributed by atoms with van der Waals surface area (Å²) < 4.78 is 12.5. The van der Waals surface area contributed by atoms with Crippen molar-refractivity contribution >= 4 is 22.9 Å². The number of aryl methyl sites for hydroxylation is 2. The number of oxazole rings is 1. The van der Waals surface area contributed by atoms with Crippen LogP contribution in [-0.4, -0.2) is 29.5 Å². The maximum Gasteiger partial charge on any atom is 0.298 e. The lowest BCUT2D eigenvalue weighted by Gasteiger charge is -2.43. The molecule has 30 heavy (non-hydrogen) atoms. The van der Waals surface area contributed by atoms with Gasteiger partial charge >= 0.3 is 0 Å². The number of ketones is 1. The first-order valence-corrected chi connectivity index (χ1v) is 10.8. The van der Waals surface area contributed by atoms with Crippen molar-refractivity contribution in [2.45, 2.75) is 58.5 Å². The highest BCUT2D eigenvalue weighted by Crippen LogP contribution is 2.41. The Bertz CT molecular complexity index is 1140. The van der Waals surface area contributed by atoms with E-state index < -0.39 is 5.60 Å². The van der Waals surface area contributed by atoms with Crippen molar-refractivity contribution in [1.29, 1.82) is 0 Å². The molecule has 3 heterocycles. The molecule has 2 aliphatic heterocycles. The molecule has 0 radical (unpaired) electrons. The summed E-state index contributed by atoms with van der Waals surface area (Å²) in [5.74, 6) is 1.39. The molecule has 156 valence electrons. The first-order chi connectivity index (χ1) is 14.3. The molecule has 1 fully saturated rings. The van der Waals surface area contributed by atoms with Gasteiger partial charge in [0.15, 0.2) is 11.4 Å². The van der Waals surface area contributed by atoms with Crippen LogP contribution in [0.1, 0.15) is 66.1 Å². The van der Waals surface area contributed by atoms with E-state index in [9.17, 15) is 4.79 Å². The molecule has 0 amide bonds. The Hall–Kier alpha value is -2.82. The Morgan fingerprint density at radius 3 is 2.53 bits per heavy atom. The number of carbonyl (C=O) groups excluding carboxylic acids is 1. The first-order valence-electron chi connectivity index (χ1n) is 10.8. The summed E-state index contributed by atoms with van der Waals surface area (Å²) in [7, 11) is 0. The van der Waals surface area contributed by atoms with Crippen LogP contribution in [0.2, 0.25) is 0 Å². The molecular weight excluding hydrogens is 376 g/mol. The van der Waals surface area contributed by atoms with Gasteiger partial charge in [-0.1, -0.05) is 19.9 Å². The van der Waals surface area contributed by atoms with Gasteiger partial charge in [-0.05, 0) is 60.7 Å². The highest BCUT2D eigenvalue weighted by molar-refractivity contribution is 6.00. The van der Waals surface area contributed by atoms with Crippen molar-refractivity contribution in [2.24, 2.45) is 0 Å². The number of piperidine rings is 1. The minimum Gasteiger partial charge on any atom is -0.486 e. The van der Waals surface area contributed by atoms with Crippen molar-refractivity contribution in [3.8, 4) is 5.75 Å². The molecule has 5 nitrogen and oxygen atoms in total. The molecule has 0 saturated carbocycles. The van der Waals surface area contributed by atoms with E-state index >= 15 is 0 Å². The fourth-order valence-corrected chi connectivity index (χ4v) is 4.56. The number of rotatable bonds is 2. The molecule has 1 saturated heterocycles. The van der Waals surface area contributed by atoms with Crippen LogP contribution in [0, 0.1) is 13.8 Å². The van der Waals surface area contributed by atoms with Crippen molar-refractivity contribution in [1.82, 2.24) is 4.98 Å². The third-order valence-corrected chi connectivity index (χ3v) is 6.72. The van der Waals surface area contributed by atoms with Crippen LogP contribution < -0.4 is 9.64 Å². The third kappa shape index (κ3) is 3.17. The van der Waals surface area contributed by atoms with Crippen molar-refractivity contribution < 1.29 is 13.9 Å². The third-order valence-electron chi connectivity index (χ3n) is 6.72. The number of anilines is 1. The largest absolute Gasteiger partial charge is 0.486 e. The number of aromatic nitrogens is 1. The molecule has 0 aliphatic carbocycles. The Kier molecular flexibility index (Phi) is 4.38. The smallest absolute Gasteiger partial charge is 0.298 e. The van der Waals surface area contributed by atoms with Crippen LogP contribution in [0.4, 0.5) is 6.01 Å². The van der Waals surface area contributed by atoms with E-state index in [1.807, 2.05) is 25.1 Å². The summed E-state index contributed by atoms with van der Waals surface area (Å²) in [5.41, 5.74) is 5.58. The van der Waals surface area contributed by atoms with Gasteiger partial charge in [0.1, 0.15) is 16.9 Å². The summed E-state index contributed by atoms with van der Waals surface area (Å²) in [6, 6.07) is 10.9. The minimum atomic E-state index is -0.418. The maximum atomic E-state index is 12.9. The van der Waals surface area contributed by atoms with Crippen LogP contribution in [0.3, 0.4) is 0 Å². The standard InChI is InChI=1S/C25H28N2O3/c1-15(2)18-5-6-22-20(13-18)26-24(29-22)27-9-7-25(8-10-27)14-21(28)19-11-16(3)17(4)12-23(19)30-25/h5-6,11-13,15H,7-10,14H2,1-4H3. The quantitative estimate of drug-likeness (QED) is 0.559. The van der Waals surface area contributed by atoms with Gasteiger partial charge in [-0.15, -0.1) is 0 Å². The number of carbonyl (C=O) groups is 1. The average Bonchev–Trinajstić information content (AvgIpc) is 3.13. The van der Waals surface area contributed by atoms with Gasteiger partial charge in [-0.25, -0.2) is 0 Å². The summed E-state index contributed by atoms with van der Waals surface area (Å²) in [6.07, 6.45) is 2.00. The Morgan fingerprint density at radius 1 is 1.07 bits per heavy atom. The van der Waals surface area contributed by atoms with Crippen LogP contribution >= 0.6 is 0 Å². The molecule has 1 aromatic heterocycles. The fourth-order valence-electron chi connectivity index (χ4n) is 4.56. The number of hydrogen-bond donors (Lipinski definition) is 0. The van der Waals surface area contributed by atoms with Gasteiger partial charge in [0.2, 0.25) is 0 Å². The first kappa shape index (κ1) is 19.2. The van der Waals surface area contributed by atoms with Gasteiger partial charge in [0, 0.05) is 25.9 Å². The van der Waals surface area contributed by atoms with Crippen LogP contribution in [0.5, 0.6) is 5.75 Å². The lowest BCUT2D eigenvalue weighted by Crippen LogP contribution is -2.51. The molecule has 0 unspecified atom stereocenters. The summed E-state index contributed by atoms with van der Waals surface area (Å²) in [5, 5.41) is 0. The SMILES string of the molecule is Cc1cc2c(cc1C)C(=O)CC1(CCN(c3nc4cc(C(C)C)ccc4o3)CC1)O2.